The Morgan fingerprint density at radius 2 is 1.80 bits per heavy atom. The summed E-state index contributed by atoms with van der Waals surface area (Å²) in [5.74, 6) is -0.607. The zero-order chi connectivity index (χ0) is 14.6. The number of rotatable bonds is 3. The lowest BCUT2D eigenvalue weighted by molar-refractivity contribution is -0.187. The third-order valence-corrected chi connectivity index (χ3v) is 4.99. The molecule has 0 aromatic carbocycles. The number of nitrogens with zero attached hydrogens (tertiary/aromatic N) is 1. The Morgan fingerprint density at radius 1 is 1.05 bits per heavy atom. The highest BCUT2D eigenvalue weighted by atomic mass is 19.4. The first-order chi connectivity index (χ1) is 9.50. The number of alkyl halides is 3. The van der Waals surface area contributed by atoms with Gasteiger partial charge in [-0.2, -0.15) is 13.2 Å². The average molecular weight is 292 g/mol. The van der Waals surface area contributed by atoms with Crippen molar-refractivity contribution >= 4 is 0 Å². The highest BCUT2D eigenvalue weighted by Gasteiger charge is 2.42. The second-order valence-corrected chi connectivity index (χ2v) is 6.43. The fourth-order valence-corrected chi connectivity index (χ4v) is 3.80. The van der Waals surface area contributed by atoms with E-state index >= 15 is 0 Å². The Kier molecular flexibility index (Phi) is 5.73. The standard InChI is InChI=1S/C15H27F3N2/c1-19-14-8-4-2-3-6-12(14)10-20-9-5-7-13(11-20)15(16,17)18/h12-14,19H,2-11H2,1H3. The molecule has 2 rings (SSSR count). The molecule has 2 fully saturated rings. The van der Waals surface area contributed by atoms with Gasteiger partial charge in [-0.05, 0) is 45.2 Å². The maximum atomic E-state index is 12.9. The molecule has 1 saturated carbocycles. The van der Waals surface area contributed by atoms with E-state index in [1.807, 2.05) is 7.05 Å². The molecular weight excluding hydrogens is 265 g/mol. The minimum Gasteiger partial charge on any atom is -0.317 e. The predicted octanol–water partition coefficient (Wildman–Crippen LogP) is 3.43. The van der Waals surface area contributed by atoms with Gasteiger partial charge in [0.1, 0.15) is 0 Å². The minimum absolute atomic E-state index is 0.205. The lowest BCUT2D eigenvalue weighted by Crippen LogP contribution is -2.46. The summed E-state index contributed by atoms with van der Waals surface area (Å²) < 4.78 is 38.6. The van der Waals surface area contributed by atoms with Crippen LogP contribution in [0.25, 0.3) is 0 Å². The molecule has 118 valence electrons. The summed E-state index contributed by atoms with van der Waals surface area (Å²) in [4.78, 5) is 2.06. The van der Waals surface area contributed by atoms with Crippen LogP contribution in [0.4, 0.5) is 13.2 Å². The number of hydrogen-bond donors (Lipinski definition) is 1. The molecule has 0 aromatic rings. The van der Waals surface area contributed by atoms with E-state index in [4.69, 9.17) is 0 Å². The van der Waals surface area contributed by atoms with Gasteiger partial charge in [-0.3, -0.25) is 0 Å². The monoisotopic (exact) mass is 292 g/mol. The Hall–Kier alpha value is -0.290. The van der Waals surface area contributed by atoms with Crippen molar-refractivity contribution in [2.75, 3.05) is 26.7 Å². The molecule has 20 heavy (non-hydrogen) atoms. The van der Waals surface area contributed by atoms with E-state index < -0.39 is 12.1 Å². The molecule has 3 atom stereocenters. The fourth-order valence-electron chi connectivity index (χ4n) is 3.80. The third kappa shape index (κ3) is 4.35. The van der Waals surface area contributed by atoms with Gasteiger partial charge in [-0.25, -0.2) is 0 Å². The molecule has 0 bridgehead atoms. The van der Waals surface area contributed by atoms with Crippen LogP contribution in [0.5, 0.6) is 0 Å². The zero-order valence-corrected chi connectivity index (χ0v) is 12.4. The number of piperidine rings is 1. The molecule has 2 aliphatic rings. The Morgan fingerprint density at radius 3 is 2.50 bits per heavy atom. The number of nitrogens with one attached hydrogen (secondary N) is 1. The molecule has 0 aromatic heterocycles. The summed E-state index contributed by atoms with van der Waals surface area (Å²) in [5, 5.41) is 3.38. The summed E-state index contributed by atoms with van der Waals surface area (Å²) in [5.41, 5.74) is 0. The van der Waals surface area contributed by atoms with E-state index in [0.717, 1.165) is 25.9 Å². The van der Waals surface area contributed by atoms with Gasteiger partial charge >= 0.3 is 6.18 Å². The smallest absolute Gasteiger partial charge is 0.317 e. The SMILES string of the molecule is CNC1CCCCCC1CN1CCCC(C(F)(F)F)C1. The van der Waals surface area contributed by atoms with Gasteiger partial charge in [-0.15, -0.1) is 0 Å². The van der Waals surface area contributed by atoms with Crippen molar-refractivity contribution in [1.82, 2.24) is 10.2 Å². The lowest BCUT2D eigenvalue weighted by Gasteiger charge is -2.37. The summed E-state index contributed by atoms with van der Waals surface area (Å²) >= 11 is 0. The summed E-state index contributed by atoms with van der Waals surface area (Å²) in [6.07, 6.45) is 3.01. The summed E-state index contributed by atoms with van der Waals surface area (Å²) in [6, 6.07) is 0.476. The quantitative estimate of drug-likeness (QED) is 0.802. The molecule has 0 spiro atoms. The average Bonchev–Trinajstić information content (AvgIpc) is 2.63. The van der Waals surface area contributed by atoms with Crippen LogP contribution in [-0.4, -0.2) is 43.8 Å². The van der Waals surface area contributed by atoms with Gasteiger partial charge in [0, 0.05) is 19.1 Å². The molecule has 0 radical (unpaired) electrons. The van der Waals surface area contributed by atoms with Crippen molar-refractivity contribution < 1.29 is 13.2 Å². The van der Waals surface area contributed by atoms with Crippen LogP contribution in [0.1, 0.15) is 44.9 Å². The Balaban J connectivity index is 1.90. The summed E-state index contributed by atoms with van der Waals surface area (Å²) in [6.45, 7) is 1.87. The van der Waals surface area contributed by atoms with Crippen molar-refractivity contribution in [3.8, 4) is 0 Å². The van der Waals surface area contributed by atoms with Crippen LogP contribution < -0.4 is 5.32 Å². The first-order valence-corrected chi connectivity index (χ1v) is 7.97. The van der Waals surface area contributed by atoms with Gasteiger partial charge in [-0.1, -0.05) is 19.3 Å². The molecule has 3 unspecified atom stereocenters. The third-order valence-electron chi connectivity index (χ3n) is 4.99. The second kappa shape index (κ2) is 7.12. The van der Waals surface area contributed by atoms with Gasteiger partial charge in [0.05, 0.1) is 5.92 Å². The van der Waals surface area contributed by atoms with Crippen molar-refractivity contribution in [3.63, 3.8) is 0 Å². The largest absolute Gasteiger partial charge is 0.393 e. The lowest BCUT2D eigenvalue weighted by atomic mass is 9.91. The first kappa shape index (κ1) is 16.1. The Bertz CT molecular complexity index is 293. The molecule has 2 nitrogen and oxygen atoms in total. The van der Waals surface area contributed by atoms with Crippen LogP contribution in [0.15, 0.2) is 0 Å². The van der Waals surface area contributed by atoms with Gasteiger partial charge < -0.3 is 10.2 Å². The number of hydrogen-bond acceptors (Lipinski definition) is 2. The van der Waals surface area contributed by atoms with Crippen LogP contribution in [0.3, 0.4) is 0 Å². The van der Waals surface area contributed by atoms with Crippen molar-refractivity contribution in [3.05, 3.63) is 0 Å². The first-order valence-electron chi connectivity index (χ1n) is 7.97. The second-order valence-electron chi connectivity index (χ2n) is 6.43. The fraction of sp³-hybridized carbons (Fsp3) is 1.00. The van der Waals surface area contributed by atoms with Crippen molar-refractivity contribution in [1.29, 1.82) is 0 Å². The van der Waals surface area contributed by atoms with Crippen LogP contribution in [-0.2, 0) is 0 Å². The molecule has 1 aliphatic heterocycles. The number of likely N-dealkylation sites (tertiary alicyclic amines) is 1. The highest BCUT2D eigenvalue weighted by Crippen LogP contribution is 2.34. The molecule has 5 heteroatoms. The minimum atomic E-state index is -4.02. The van der Waals surface area contributed by atoms with E-state index in [2.05, 4.69) is 10.2 Å². The van der Waals surface area contributed by atoms with E-state index in [1.54, 1.807) is 0 Å². The van der Waals surface area contributed by atoms with E-state index in [-0.39, 0.29) is 6.54 Å². The number of halogens is 3. The van der Waals surface area contributed by atoms with Crippen molar-refractivity contribution in [2.45, 2.75) is 57.2 Å². The van der Waals surface area contributed by atoms with Crippen molar-refractivity contribution in [2.24, 2.45) is 11.8 Å². The highest BCUT2D eigenvalue weighted by molar-refractivity contribution is 4.84. The molecule has 0 amide bonds. The molecule has 1 aliphatic carbocycles. The van der Waals surface area contributed by atoms with Crippen LogP contribution in [0.2, 0.25) is 0 Å². The van der Waals surface area contributed by atoms with Gasteiger partial charge in [0.25, 0.3) is 0 Å². The molecule has 1 heterocycles. The summed E-state index contributed by atoms with van der Waals surface area (Å²) in [7, 11) is 1.98. The van der Waals surface area contributed by atoms with Gasteiger partial charge in [0.15, 0.2) is 0 Å². The maximum Gasteiger partial charge on any atom is 0.393 e. The van der Waals surface area contributed by atoms with Crippen LogP contribution in [0, 0.1) is 11.8 Å². The van der Waals surface area contributed by atoms with Crippen LogP contribution >= 0.6 is 0 Å². The van der Waals surface area contributed by atoms with E-state index in [9.17, 15) is 13.2 Å². The predicted molar refractivity (Wildman–Crippen MR) is 74.6 cm³/mol. The maximum absolute atomic E-state index is 12.9. The molecule has 1 N–H and O–H groups in total. The molecule has 1 saturated heterocycles. The molecular formula is C15H27F3N2. The van der Waals surface area contributed by atoms with E-state index in [1.165, 1.54) is 19.3 Å². The van der Waals surface area contributed by atoms with E-state index in [0.29, 0.717) is 24.8 Å². The normalized spacial score (nSPS) is 33.9. The zero-order valence-electron chi connectivity index (χ0n) is 12.4. The Labute approximate surface area is 120 Å². The topological polar surface area (TPSA) is 15.3 Å². The van der Waals surface area contributed by atoms with Gasteiger partial charge in [0.2, 0.25) is 0 Å².